The lowest BCUT2D eigenvalue weighted by Crippen LogP contribution is -2.33. The number of hydrogen-bond acceptors (Lipinski definition) is 11. The molecule has 0 aliphatic carbocycles. The van der Waals surface area contributed by atoms with Crippen LogP contribution in [0.15, 0.2) is 12.7 Å². The van der Waals surface area contributed by atoms with Crippen LogP contribution in [0, 0.1) is 5.92 Å². The minimum Gasteiger partial charge on any atom is -0.466 e. The summed E-state index contributed by atoms with van der Waals surface area (Å²) in [7, 11) is -3.75. The number of carbonyl (C=O) groups excluding carboxylic acids is 1. The van der Waals surface area contributed by atoms with Gasteiger partial charge in [0.05, 0.1) is 32.1 Å². The Bertz CT molecular complexity index is 969. The molecule has 2 aromatic heterocycles. The van der Waals surface area contributed by atoms with Crippen LogP contribution in [0.3, 0.4) is 0 Å². The molecule has 0 aromatic carbocycles. The lowest BCUT2D eigenvalue weighted by Gasteiger charge is -2.29. The van der Waals surface area contributed by atoms with Crippen LogP contribution in [0.25, 0.3) is 11.2 Å². The van der Waals surface area contributed by atoms with Gasteiger partial charge < -0.3 is 15.2 Å². The second kappa shape index (κ2) is 8.56. The van der Waals surface area contributed by atoms with Gasteiger partial charge in [0.1, 0.15) is 30.3 Å². The van der Waals surface area contributed by atoms with Crippen LogP contribution in [0.1, 0.15) is 32.9 Å². The van der Waals surface area contributed by atoms with Gasteiger partial charge in [0.2, 0.25) is 0 Å². The van der Waals surface area contributed by atoms with Crippen LogP contribution in [0.4, 0.5) is 5.82 Å². The van der Waals surface area contributed by atoms with E-state index in [1.807, 2.05) is 0 Å². The Balaban J connectivity index is 1.36. The van der Waals surface area contributed by atoms with Crippen LogP contribution in [0.2, 0.25) is 0 Å². The van der Waals surface area contributed by atoms with Crippen molar-refractivity contribution in [3.8, 4) is 0 Å². The van der Waals surface area contributed by atoms with Crippen molar-refractivity contribution in [3.63, 3.8) is 0 Å². The molecular formula is C17H24N5O7P. The first-order valence-corrected chi connectivity index (χ1v) is 11.2. The van der Waals surface area contributed by atoms with Crippen molar-refractivity contribution in [1.29, 1.82) is 0 Å². The minimum atomic E-state index is -3.75. The molecule has 0 amide bonds. The normalized spacial score (nSPS) is 29.6. The average Bonchev–Trinajstić information content (AvgIpc) is 3.32. The molecule has 13 heteroatoms. The molecule has 2 fully saturated rings. The maximum absolute atomic E-state index is 12.8. The van der Waals surface area contributed by atoms with Crippen molar-refractivity contribution < 1.29 is 32.4 Å². The third-order valence-corrected chi connectivity index (χ3v) is 6.52. The van der Waals surface area contributed by atoms with E-state index in [9.17, 15) is 9.36 Å². The highest BCUT2D eigenvalue weighted by molar-refractivity contribution is 7.48. The van der Waals surface area contributed by atoms with E-state index >= 15 is 0 Å². The smallest absolute Gasteiger partial charge is 0.466 e. The van der Waals surface area contributed by atoms with Crippen molar-refractivity contribution in [2.45, 2.75) is 45.1 Å². The number of fused-ring (bicyclic) bond motifs is 2. The van der Waals surface area contributed by atoms with Crippen molar-refractivity contribution in [2.75, 3.05) is 25.6 Å². The first-order chi connectivity index (χ1) is 14.4. The number of phosphoric acid groups is 1. The predicted octanol–water partition coefficient (Wildman–Crippen LogP) is 1.83. The lowest BCUT2D eigenvalue weighted by molar-refractivity contribution is -0.147. The zero-order valence-corrected chi connectivity index (χ0v) is 17.6. The number of rotatable bonds is 7. The SMILES string of the molecule is CCOC(=O)C(C)CCO[P@@]1(=O)OC[C@@H]2O[C@H](n3cnc4c(N)ncnc43)C[C@H]2O1. The molecule has 164 valence electrons. The number of ether oxygens (including phenoxy) is 2. The Morgan fingerprint density at radius 3 is 3.03 bits per heavy atom. The number of nitrogens with zero attached hydrogens (tertiary/aromatic N) is 4. The number of esters is 1. The van der Waals surface area contributed by atoms with Gasteiger partial charge in [-0.2, -0.15) is 0 Å². The predicted molar refractivity (Wildman–Crippen MR) is 103 cm³/mol. The van der Waals surface area contributed by atoms with Gasteiger partial charge >= 0.3 is 13.8 Å². The zero-order chi connectivity index (χ0) is 21.3. The molecule has 0 radical (unpaired) electrons. The van der Waals surface area contributed by atoms with Crippen LogP contribution in [0.5, 0.6) is 0 Å². The molecule has 30 heavy (non-hydrogen) atoms. The third kappa shape index (κ3) is 4.19. The molecule has 2 saturated heterocycles. The van der Waals surface area contributed by atoms with Crippen LogP contribution in [-0.2, 0) is 32.4 Å². The summed E-state index contributed by atoms with van der Waals surface area (Å²) in [6, 6.07) is 0. The van der Waals surface area contributed by atoms with Crippen molar-refractivity contribution in [2.24, 2.45) is 5.92 Å². The summed E-state index contributed by atoms with van der Waals surface area (Å²) in [5.41, 5.74) is 6.85. The Morgan fingerprint density at radius 1 is 1.40 bits per heavy atom. The third-order valence-electron chi connectivity index (χ3n) is 5.03. The topological polar surface area (TPSA) is 150 Å². The van der Waals surface area contributed by atoms with Gasteiger partial charge in [0.25, 0.3) is 0 Å². The standard InChI is InChI=1S/C17H24N5O7P/c1-3-25-17(23)10(2)4-5-26-30(24)27-7-12-11(29-30)6-13(28-12)22-9-21-14-15(18)19-8-20-16(14)22/h8-13H,3-7H2,1-2H3,(H2,18,19,20)/t10?,11-,12+,13+,30+/m1/s1. The monoisotopic (exact) mass is 441 g/mol. The molecular weight excluding hydrogens is 417 g/mol. The molecule has 12 nitrogen and oxygen atoms in total. The van der Waals surface area contributed by atoms with E-state index in [0.29, 0.717) is 30.6 Å². The molecule has 1 unspecified atom stereocenters. The van der Waals surface area contributed by atoms with E-state index in [-0.39, 0.29) is 30.9 Å². The van der Waals surface area contributed by atoms with E-state index in [1.165, 1.54) is 6.33 Å². The van der Waals surface area contributed by atoms with Crippen LogP contribution < -0.4 is 5.73 Å². The van der Waals surface area contributed by atoms with E-state index in [4.69, 9.17) is 28.8 Å². The van der Waals surface area contributed by atoms with Gasteiger partial charge in [-0.05, 0) is 13.3 Å². The highest BCUT2D eigenvalue weighted by Gasteiger charge is 2.48. The number of anilines is 1. The van der Waals surface area contributed by atoms with Crippen molar-refractivity contribution >= 4 is 30.8 Å². The minimum absolute atomic E-state index is 0.0429. The first kappa shape index (κ1) is 21.1. The summed E-state index contributed by atoms with van der Waals surface area (Å²) in [6.07, 6.45) is 2.37. The molecule has 2 N–H and O–H groups in total. The van der Waals surface area contributed by atoms with Crippen LogP contribution >= 0.6 is 7.82 Å². The summed E-state index contributed by atoms with van der Waals surface area (Å²) < 4.78 is 41.8. The molecule has 4 heterocycles. The summed E-state index contributed by atoms with van der Waals surface area (Å²) in [5, 5.41) is 0. The fraction of sp³-hybridized carbons (Fsp3) is 0.647. The molecule has 0 saturated carbocycles. The summed E-state index contributed by atoms with van der Waals surface area (Å²) in [5.74, 6) is -0.421. The molecule has 4 rings (SSSR count). The Kier molecular flexibility index (Phi) is 6.03. The molecule has 2 aliphatic heterocycles. The Labute approximate surface area is 172 Å². The van der Waals surface area contributed by atoms with E-state index in [1.54, 1.807) is 24.7 Å². The fourth-order valence-corrected chi connectivity index (χ4v) is 4.79. The number of aromatic nitrogens is 4. The van der Waals surface area contributed by atoms with Gasteiger partial charge in [0.15, 0.2) is 11.5 Å². The fourth-order valence-electron chi connectivity index (χ4n) is 3.39. The zero-order valence-electron chi connectivity index (χ0n) is 16.7. The van der Waals surface area contributed by atoms with Gasteiger partial charge in [0, 0.05) is 6.42 Å². The number of phosphoric ester groups is 1. The maximum Gasteiger partial charge on any atom is 0.475 e. The van der Waals surface area contributed by atoms with Crippen molar-refractivity contribution in [3.05, 3.63) is 12.7 Å². The second-order valence-electron chi connectivity index (χ2n) is 7.11. The van der Waals surface area contributed by atoms with Gasteiger partial charge in [-0.15, -0.1) is 0 Å². The molecule has 2 aromatic rings. The quantitative estimate of drug-likeness (QED) is 0.495. The van der Waals surface area contributed by atoms with Gasteiger partial charge in [-0.1, -0.05) is 6.92 Å². The summed E-state index contributed by atoms with van der Waals surface area (Å²) in [6.45, 7) is 3.88. The lowest BCUT2D eigenvalue weighted by atomic mass is 10.1. The number of nitrogen functional groups attached to an aromatic ring is 1. The number of imidazole rings is 1. The van der Waals surface area contributed by atoms with Crippen LogP contribution in [-0.4, -0.2) is 57.5 Å². The molecule has 0 spiro atoms. The first-order valence-electron chi connectivity index (χ1n) is 9.73. The average molecular weight is 441 g/mol. The maximum atomic E-state index is 12.8. The number of nitrogens with two attached hydrogens (primary N) is 1. The highest BCUT2D eigenvalue weighted by Crippen LogP contribution is 2.56. The van der Waals surface area contributed by atoms with Crippen molar-refractivity contribution in [1.82, 2.24) is 19.5 Å². The highest BCUT2D eigenvalue weighted by atomic mass is 31.2. The summed E-state index contributed by atoms with van der Waals surface area (Å²) in [4.78, 5) is 24.0. The molecule has 0 bridgehead atoms. The molecule has 2 aliphatic rings. The number of hydrogen-bond donors (Lipinski definition) is 1. The van der Waals surface area contributed by atoms with Gasteiger partial charge in [-0.25, -0.2) is 19.5 Å². The van der Waals surface area contributed by atoms with E-state index in [2.05, 4.69) is 15.0 Å². The second-order valence-corrected chi connectivity index (χ2v) is 8.73. The van der Waals surface area contributed by atoms with E-state index < -0.39 is 26.3 Å². The largest absolute Gasteiger partial charge is 0.475 e. The van der Waals surface area contributed by atoms with E-state index in [0.717, 1.165) is 0 Å². The molecule has 5 atom stereocenters. The Hall–Kier alpha value is -2.11. The summed E-state index contributed by atoms with van der Waals surface area (Å²) >= 11 is 0. The van der Waals surface area contributed by atoms with Gasteiger partial charge in [-0.3, -0.25) is 22.9 Å². The Morgan fingerprint density at radius 2 is 2.23 bits per heavy atom. The number of carbonyl (C=O) groups is 1.